The average molecular weight is 314 g/mol. The van der Waals surface area contributed by atoms with Crippen molar-refractivity contribution < 1.29 is 14.6 Å². The van der Waals surface area contributed by atoms with Crippen LogP contribution in [0.15, 0.2) is 5.38 Å². The molecule has 0 bridgehead atoms. The monoisotopic (exact) mass is 314 g/mol. The second kappa shape index (κ2) is 6.71. The van der Waals surface area contributed by atoms with Crippen molar-refractivity contribution in [3.63, 3.8) is 0 Å². The highest BCUT2D eigenvalue weighted by Gasteiger charge is 2.60. The van der Waals surface area contributed by atoms with Crippen molar-refractivity contribution in [2.75, 3.05) is 20.3 Å². The van der Waals surface area contributed by atoms with Crippen LogP contribution in [0.2, 0.25) is 0 Å². The first-order valence-electron chi connectivity index (χ1n) is 7.39. The molecule has 0 saturated heterocycles. The van der Waals surface area contributed by atoms with Gasteiger partial charge in [0.1, 0.15) is 5.01 Å². The maximum absolute atomic E-state index is 9.87. The Bertz CT molecular complexity index is 464. The third-order valence-electron chi connectivity index (χ3n) is 4.68. The van der Waals surface area contributed by atoms with Crippen molar-refractivity contribution in [2.45, 2.75) is 52.0 Å². The molecule has 1 aliphatic carbocycles. The zero-order valence-electron chi connectivity index (χ0n) is 13.3. The van der Waals surface area contributed by atoms with Crippen LogP contribution in [0.3, 0.4) is 0 Å². The summed E-state index contributed by atoms with van der Waals surface area (Å²) >= 11 is 1.60. The maximum Gasteiger partial charge on any atom is 0.119 e. The Kier molecular flexibility index (Phi) is 5.38. The quantitative estimate of drug-likeness (QED) is 0.768. The van der Waals surface area contributed by atoms with Gasteiger partial charge in [-0.3, -0.25) is 0 Å². The van der Waals surface area contributed by atoms with Gasteiger partial charge in [-0.25, -0.2) is 4.98 Å². The van der Waals surface area contributed by atoms with E-state index in [0.717, 1.165) is 17.1 Å². The molecule has 0 spiro atoms. The van der Waals surface area contributed by atoms with E-state index in [0.29, 0.717) is 19.8 Å². The molecule has 1 aromatic heterocycles. The Labute approximate surface area is 130 Å². The number of nitrogens with zero attached hydrogens (tertiary/aromatic N) is 1. The molecular weight excluding hydrogens is 288 g/mol. The van der Waals surface area contributed by atoms with E-state index in [9.17, 15) is 5.11 Å². The second-order valence-corrected chi connectivity index (χ2v) is 7.07. The zero-order chi connectivity index (χ0) is 15.5. The normalized spacial score (nSPS) is 27.6. The standard InChI is InChI=1S/C15H26N2O3S/c1-5-20-12-6-15(10-18,14(12,2)3)16-7-11-9-21-13(17-11)8-19-4/h9,12,16,18H,5-8,10H2,1-4H3/t12-,15-/m0/s1. The van der Waals surface area contributed by atoms with Gasteiger partial charge in [0.25, 0.3) is 0 Å². The first-order valence-corrected chi connectivity index (χ1v) is 8.26. The molecule has 2 atom stereocenters. The van der Waals surface area contributed by atoms with E-state index >= 15 is 0 Å². The van der Waals surface area contributed by atoms with Gasteiger partial charge >= 0.3 is 0 Å². The Morgan fingerprint density at radius 1 is 1.52 bits per heavy atom. The van der Waals surface area contributed by atoms with Gasteiger partial charge in [-0.2, -0.15) is 0 Å². The summed E-state index contributed by atoms with van der Waals surface area (Å²) in [6, 6.07) is 0. The van der Waals surface area contributed by atoms with Crippen LogP contribution in [0.25, 0.3) is 0 Å². The Balaban J connectivity index is 1.96. The molecule has 1 aromatic rings. The number of aliphatic hydroxyl groups excluding tert-OH is 1. The Morgan fingerprint density at radius 2 is 2.29 bits per heavy atom. The van der Waals surface area contributed by atoms with Crippen LogP contribution >= 0.6 is 11.3 Å². The lowest BCUT2D eigenvalue weighted by Gasteiger charge is -2.60. The van der Waals surface area contributed by atoms with Crippen LogP contribution in [0.5, 0.6) is 0 Å². The third-order valence-corrected chi connectivity index (χ3v) is 5.56. The van der Waals surface area contributed by atoms with Gasteiger partial charge in [0.2, 0.25) is 0 Å². The van der Waals surface area contributed by atoms with Crippen LogP contribution < -0.4 is 5.32 Å². The molecule has 2 rings (SSSR count). The van der Waals surface area contributed by atoms with Crippen molar-refractivity contribution in [3.05, 3.63) is 16.1 Å². The van der Waals surface area contributed by atoms with E-state index in [1.807, 2.05) is 12.3 Å². The Morgan fingerprint density at radius 3 is 2.86 bits per heavy atom. The summed E-state index contributed by atoms with van der Waals surface area (Å²) in [5, 5.41) is 16.4. The number of aliphatic hydroxyl groups is 1. The average Bonchev–Trinajstić information content (AvgIpc) is 2.90. The van der Waals surface area contributed by atoms with Crippen molar-refractivity contribution in [1.29, 1.82) is 0 Å². The molecule has 0 radical (unpaired) electrons. The van der Waals surface area contributed by atoms with Crippen LogP contribution in [-0.2, 0) is 22.6 Å². The topological polar surface area (TPSA) is 63.6 Å². The number of rotatable bonds is 8. The molecule has 1 aliphatic rings. The van der Waals surface area contributed by atoms with E-state index in [-0.39, 0.29) is 23.7 Å². The van der Waals surface area contributed by atoms with Gasteiger partial charge < -0.3 is 19.9 Å². The lowest BCUT2D eigenvalue weighted by atomic mass is 9.54. The highest BCUT2D eigenvalue weighted by atomic mass is 32.1. The van der Waals surface area contributed by atoms with Crippen molar-refractivity contribution in [2.24, 2.45) is 5.41 Å². The minimum atomic E-state index is -0.294. The molecule has 1 saturated carbocycles. The SMILES string of the molecule is CCO[C@H]1C[C@@](CO)(NCc2csc(COC)n2)C1(C)C. The number of hydrogen-bond donors (Lipinski definition) is 2. The number of methoxy groups -OCH3 is 1. The predicted octanol–water partition coefficient (Wildman–Crippen LogP) is 1.95. The van der Waals surface area contributed by atoms with Crippen molar-refractivity contribution >= 4 is 11.3 Å². The van der Waals surface area contributed by atoms with Crippen LogP contribution in [0.4, 0.5) is 0 Å². The summed E-state index contributed by atoms with van der Waals surface area (Å²) in [6.07, 6.45) is 1.03. The predicted molar refractivity (Wildman–Crippen MR) is 83.3 cm³/mol. The summed E-state index contributed by atoms with van der Waals surface area (Å²) in [7, 11) is 1.67. The van der Waals surface area contributed by atoms with Crippen LogP contribution in [0.1, 0.15) is 37.9 Å². The number of aromatic nitrogens is 1. The van der Waals surface area contributed by atoms with Gasteiger partial charge in [-0.15, -0.1) is 11.3 Å². The molecule has 1 heterocycles. The third kappa shape index (κ3) is 3.14. The summed E-state index contributed by atoms with van der Waals surface area (Å²) in [6.45, 7) is 8.33. The number of thiazole rings is 1. The first kappa shape index (κ1) is 16.8. The largest absolute Gasteiger partial charge is 0.394 e. The lowest BCUT2D eigenvalue weighted by molar-refractivity contribution is -0.177. The second-order valence-electron chi connectivity index (χ2n) is 6.13. The van der Waals surface area contributed by atoms with Gasteiger partial charge in [0, 0.05) is 31.1 Å². The van der Waals surface area contributed by atoms with E-state index in [4.69, 9.17) is 9.47 Å². The molecule has 2 N–H and O–H groups in total. The molecule has 120 valence electrons. The van der Waals surface area contributed by atoms with E-state index in [1.54, 1.807) is 18.4 Å². The summed E-state index contributed by atoms with van der Waals surface area (Å²) in [5.41, 5.74) is 0.608. The van der Waals surface area contributed by atoms with Crippen LogP contribution in [-0.4, -0.2) is 42.1 Å². The van der Waals surface area contributed by atoms with Gasteiger partial charge in [-0.1, -0.05) is 13.8 Å². The fourth-order valence-corrected chi connectivity index (χ4v) is 3.75. The minimum absolute atomic E-state index is 0.0941. The molecule has 5 nitrogen and oxygen atoms in total. The van der Waals surface area contributed by atoms with Gasteiger partial charge in [-0.05, 0) is 13.3 Å². The molecule has 0 unspecified atom stereocenters. The fourth-order valence-electron chi connectivity index (χ4n) is 2.98. The molecule has 0 amide bonds. The molecule has 6 heteroatoms. The minimum Gasteiger partial charge on any atom is -0.394 e. The van der Waals surface area contributed by atoms with E-state index in [2.05, 4.69) is 24.1 Å². The molecule has 0 aromatic carbocycles. The molecule has 1 fully saturated rings. The highest BCUT2D eigenvalue weighted by molar-refractivity contribution is 7.09. The van der Waals surface area contributed by atoms with Crippen LogP contribution in [0, 0.1) is 5.41 Å². The summed E-state index contributed by atoms with van der Waals surface area (Å²) in [5.74, 6) is 0. The number of nitrogens with one attached hydrogen (secondary N) is 1. The Hall–Kier alpha value is -0.530. The number of ether oxygens (including phenoxy) is 2. The maximum atomic E-state index is 9.87. The van der Waals surface area contributed by atoms with E-state index in [1.165, 1.54) is 0 Å². The van der Waals surface area contributed by atoms with Gasteiger partial charge in [0.15, 0.2) is 0 Å². The molecular formula is C15H26N2O3S. The zero-order valence-corrected chi connectivity index (χ0v) is 14.1. The fraction of sp³-hybridized carbons (Fsp3) is 0.800. The van der Waals surface area contributed by atoms with Crippen molar-refractivity contribution in [3.8, 4) is 0 Å². The highest BCUT2D eigenvalue weighted by Crippen LogP contribution is 2.51. The summed E-state index contributed by atoms with van der Waals surface area (Å²) in [4.78, 5) is 4.52. The van der Waals surface area contributed by atoms with E-state index < -0.39 is 0 Å². The van der Waals surface area contributed by atoms with Crippen molar-refractivity contribution in [1.82, 2.24) is 10.3 Å². The summed E-state index contributed by atoms with van der Waals surface area (Å²) < 4.78 is 10.8. The lowest BCUT2D eigenvalue weighted by Crippen LogP contribution is -2.73. The van der Waals surface area contributed by atoms with Gasteiger partial charge in [0.05, 0.1) is 30.6 Å². The molecule has 0 aliphatic heterocycles. The number of hydrogen-bond acceptors (Lipinski definition) is 6. The molecule has 21 heavy (non-hydrogen) atoms. The first-order chi connectivity index (χ1) is 9.99. The smallest absolute Gasteiger partial charge is 0.119 e.